The number of hydrogen-bond acceptors (Lipinski definition) is 4. The number of terminal acetylenes is 1. The summed E-state index contributed by atoms with van der Waals surface area (Å²) in [5.74, 6) is 0.590. The van der Waals surface area contributed by atoms with Gasteiger partial charge in [0, 0.05) is 6.07 Å². The van der Waals surface area contributed by atoms with E-state index in [-0.39, 0.29) is 18.6 Å². The van der Waals surface area contributed by atoms with Gasteiger partial charge in [-0.15, -0.1) is 6.42 Å². The standard InChI is InChI=1S/C14H13FO4/c1-3-10(2)18-13(16)7-8-14(17)19-12-6-4-5-11(15)9-12/h1,4-6,9-10H,7-8H2,2H3. The molecule has 0 heterocycles. The zero-order valence-electron chi connectivity index (χ0n) is 10.4. The first-order chi connectivity index (χ1) is 9.01. The highest BCUT2D eigenvalue weighted by atomic mass is 19.1. The minimum Gasteiger partial charge on any atom is -0.449 e. The predicted octanol–water partition coefficient (Wildman–Crippen LogP) is 2.08. The lowest BCUT2D eigenvalue weighted by Crippen LogP contribution is -2.16. The molecule has 0 aliphatic carbocycles. The SMILES string of the molecule is C#CC(C)OC(=O)CCC(=O)Oc1cccc(F)c1. The minimum absolute atomic E-state index is 0.0929. The Morgan fingerprint density at radius 3 is 2.68 bits per heavy atom. The zero-order valence-corrected chi connectivity index (χ0v) is 10.4. The van der Waals surface area contributed by atoms with Crippen molar-refractivity contribution in [1.29, 1.82) is 0 Å². The van der Waals surface area contributed by atoms with Crippen LogP contribution in [0.2, 0.25) is 0 Å². The van der Waals surface area contributed by atoms with E-state index >= 15 is 0 Å². The van der Waals surface area contributed by atoms with Gasteiger partial charge in [-0.05, 0) is 19.1 Å². The van der Waals surface area contributed by atoms with Gasteiger partial charge in [0.25, 0.3) is 0 Å². The van der Waals surface area contributed by atoms with Crippen molar-refractivity contribution < 1.29 is 23.5 Å². The number of halogens is 1. The van der Waals surface area contributed by atoms with Crippen LogP contribution in [0.5, 0.6) is 5.75 Å². The van der Waals surface area contributed by atoms with Crippen molar-refractivity contribution in [2.24, 2.45) is 0 Å². The van der Waals surface area contributed by atoms with Gasteiger partial charge in [-0.2, -0.15) is 0 Å². The molecule has 0 aliphatic heterocycles. The highest BCUT2D eigenvalue weighted by molar-refractivity contribution is 5.79. The molecule has 0 amide bonds. The van der Waals surface area contributed by atoms with Crippen LogP contribution in [-0.2, 0) is 14.3 Å². The van der Waals surface area contributed by atoms with Gasteiger partial charge in [0.05, 0.1) is 12.8 Å². The molecular formula is C14H13FO4. The fourth-order valence-corrected chi connectivity index (χ4v) is 1.21. The molecule has 0 aliphatic rings. The van der Waals surface area contributed by atoms with Gasteiger partial charge in [0.2, 0.25) is 0 Å². The molecule has 4 nitrogen and oxygen atoms in total. The third kappa shape index (κ3) is 5.68. The van der Waals surface area contributed by atoms with Crippen molar-refractivity contribution in [2.75, 3.05) is 0 Å². The van der Waals surface area contributed by atoms with Crippen LogP contribution in [0.25, 0.3) is 0 Å². The Bertz CT molecular complexity index is 504. The molecule has 0 bridgehead atoms. The topological polar surface area (TPSA) is 52.6 Å². The molecule has 0 spiro atoms. The molecule has 1 aromatic rings. The summed E-state index contributed by atoms with van der Waals surface area (Å²) in [6, 6.07) is 5.17. The van der Waals surface area contributed by atoms with Gasteiger partial charge in [0.15, 0.2) is 6.10 Å². The second-order valence-electron chi connectivity index (χ2n) is 3.73. The van der Waals surface area contributed by atoms with E-state index in [0.717, 1.165) is 6.07 Å². The van der Waals surface area contributed by atoms with Crippen LogP contribution in [0.15, 0.2) is 24.3 Å². The minimum atomic E-state index is -0.643. The first-order valence-electron chi connectivity index (χ1n) is 5.63. The number of esters is 2. The lowest BCUT2D eigenvalue weighted by atomic mass is 10.3. The van der Waals surface area contributed by atoms with Crippen LogP contribution in [0.4, 0.5) is 4.39 Å². The molecule has 0 saturated heterocycles. The second-order valence-corrected chi connectivity index (χ2v) is 3.73. The van der Waals surface area contributed by atoms with E-state index < -0.39 is 23.9 Å². The van der Waals surface area contributed by atoms with Crippen molar-refractivity contribution in [3.63, 3.8) is 0 Å². The van der Waals surface area contributed by atoms with Gasteiger partial charge in [-0.3, -0.25) is 9.59 Å². The third-order valence-electron chi connectivity index (χ3n) is 2.10. The van der Waals surface area contributed by atoms with Gasteiger partial charge in [0.1, 0.15) is 11.6 Å². The molecule has 1 unspecified atom stereocenters. The number of rotatable bonds is 5. The van der Waals surface area contributed by atoms with Crippen LogP contribution in [-0.4, -0.2) is 18.0 Å². The van der Waals surface area contributed by atoms with Crippen molar-refractivity contribution in [1.82, 2.24) is 0 Å². The van der Waals surface area contributed by atoms with Crippen LogP contribution in [0.1, 0.15) is 19.8 Å². The number of carbonyl (C=O) groups excluding carboxylic acids is 2. The van der Waals surface area contributed by atoms with Crippen LogP contribution in [0, 0.1) is 18.2 Å². The lowest BCUT2D eigenvalue weighted by molar-refractivity contribution is -0.148. The first kappa shape index (κ1) is 14.7. The van der Waals surface area contributed by atoms with Gasteiger partial charge >= 0.3 is 11.9 Å². The van der Waals surface area contributed by atoms with Crippen molar-refractivity contribution in [3.05, 3.63) is 30.1 Å². The smallest absolute Gasteiger partial charge is 0.311 e. The van der Waals surface area contributed by atoms with E-state index in [1.165, 1.54) is 18.2 Å². The summed E-state index contributed by atoms with van der Waals surface area (Å²) in [7, 11) is 0. The van der Waals surface area contributed by atoms with E-state index in [4.69, 9.17) is 15.9 Å². The van der Waals surface area contributed by atoms with E-state index in [1.54, 1.807) is 6.92 Å². The fraction of sp³-hybridized carbons (Fsp3) is 0.286. The average Bonchev–Trinajstić information content (AvgIpc) is 2.36. The maximum absolute atomic E-state index is 12.8. The summed E-state index contributed by atoms with van der Waals surface area (Å²) < 4.78 is 22.5. The Hall–Kier alpha value is -2.35. The normalized spacial score (nSPS) is 11.2. The Morgan fingerprint density at radius 2 is 2.05 bits per heavy atom. The van der Waals surface area contributed by atoms with Crippen LogP contribution in [0.3, 0.4) is 0 Å². The Labute approximate surface area is 110 Å². The molecule has 1 atom stereocenters. The van der Waals surface area contributed by atoms with E-state index in [0.29, 0.717) is 0 Å². The largest absolute Gasteiger partial charge is 0.449 e. The van der Waals surface area contributed by atoms with Gasteiger partial charge in [-0.1, -0.05) is 12.0 Å². The van der Waals surface area contributed by atoms with Gasteiger partial charge < -0.3 is 9.47 Å². The molecule has 100 valence electrons. The van der Waals surface area contributed by atoms with E-state index in [2.05, 4.69) is 5.92 Å². The maximum atomic E-state index is 12.8. The van der Waals surface area contributed by atoms with E-state index in [1.807, 2.05) is 0 Å². The molecule has 5 heteroatoms. The number of hydrogen-bond donors (Lipinski definition) is 0. The summed E-state index contributed by atoms with van der Waals surface area (Å²) in [4.78, 5) is 22.6. The Morgan fingerprint density at radius 1 is 1.37 bits per heavy atom. The van der Waals surface area contributed by atoms with Crippen LogP contribution < -0.4 is 4.74 Å². The van der Waals surface area contributed by atoms with Crippen molar-refractivity contribution >= 4 is 11.9 Å². The summed E-state index contributed by atoms with van der Waals surface area (Å²) in [6.45, 7) is 1.54. The van der Waals surface area contributed by atoms with Crippen molar-refractivity contribution in [3.8, 4) is 18.1 Å². The lowest BCUT2D eigenvalue weighted by Gasteiger charge is -2.07. The molecule has 0 N–H and O–H groups in total. The molecule has 0 fully saturated rings. The zero-order chi connectivity index (χ0) is 14.3. The number of ether oxygens (including phenoxy) is 2. The molecular weight excluding hydrogens is 251 g/mol. The maximum Gasteiger partial charge on any atom is 0.311 e. The van der Waals surface area contributed by atoms with Gasteiger partial charge in [-0.25, -0.2) is 4.39 Å². The molecule has 1 aromatic carbocycles. The quantitative estimate of drug-likeness (QED) is 0.464. The average molecular weight is 264 g/mol. The number of benzene rings is 1. The predicted molar refractivity (Wildman–Crippen MR) is 65.7 cm³/mol. The molecule has 19 heavy (non-hydrogen) atoms. The number of carbonyl (C=O) groups is 2. The fourth-order valence-electron chi connectivity index (χ4n) is 1.21. The second kappa shape index (κ2) is 7.17. The highest BCUT2D eigenvalue weighted by Crippen LogP contribution is 2.13. The third-order valence-corrected chi connectivity index (χ3v) is 2.10. The summed E-state index contributed by atoms with van der Waals surface area (Å²) in [5.41, 5.74) is 0. The molecule has 0 radical (unpaired) electrons. The monoisotopic (exact) mass is 264 g/mol. The Kier molecular flexibility index (Phi) is 5.55. The summed E-state index contributed by atoms with van der Waals surface area (Å²) >= 11 is 0. The van der Waals surface area contributed by atoms with E-state index in [9.17, 15) is 14.0 Å². The summed E-state index contributed by atoms with van der Waals surface area (Å²) in [6.07, 6.45) is 4.11. The molecule has 0 aromatic heterocycles. The highest BCUT2D eigenvalue weighted by Gasteiger charge is 2.12. The van der Waals surface area contributed by atoms with Crippen molar-refractivity contribution in [2.45, 2.75) is 25.9 Å². The first-order valence-corrected chi connectivity index (χ1v) is 5.63. The molecule has 1 rings (SSSR count). The van der Waals surface area contributed by atoms with Crippen LogP contribution >= 0.6 is 0 Å². The summed E-state index contributed by atoms with van der Waals surface area (Å²) in [5, 5.41) is 0. The Balaban J connectivity index is 2.36. The molecule has 0 saturated carbocycles.